The molecule has 0 unspecified atom stereocenters. The lowest BCUT2D eigenvalue weighted by molar-refractivity contribution is 0.206. The van der Waals surface area contributed by atoms with Gasteiger partial charge in [0, 0.05) is 0 Å². The summed E-state index contributed by atoms with van der Waals surface area (Å²) in [5, 5.41) is 9.12. The van der Waals surface area contributed by atoms with Crippen LogP contribution in [-0.4, -0.2) is 30.4 Å². The highest BCUT2D eigenvalue weighted by Gasteiger charge is 2.62. The molecule has 0 atom stereocenters. The van der Waals surface area contributed by atoms with Crippen LogP contribution in [0.25, 0.3) is 0 Å². The van der Waals surface area contributed by atoms with E-state index in [1.165, 1.54) is 0 Å². The lowest BCUT2D eigenvalue weighted by Crippen LogP contribution is -2.53. The van der Waals surface area contributed by atoms with E-state index in [1.54, 1.807) is 13.8 Å². The zero-order valence-corrected chi connectivity index (χ0v) is 11.6. The van der Waals surface area contributed by atoms with Gasteiger partial charge in [-0.25, -0.2) is 13.1 Å². The average molecular weight is 249 g/mol. The fourth-order valence-corrected chi connectivity index (χ4v) is 4.46. The summed E-state index contributed by atoms with van der Waals surface area (Å²) in [6, 6.07) is 0. The Hall–Kier alpha value is -0.130. The third-order valence-electron chi connectivity index (χ3n) is 3.39. The van der Waals surface area contributed by atoms with Crippen molar-refractivity contribution in [3.05, 3.63) is 0 Å². The van der Waals surface area contributed by atoms with Crippen molar-refractivity contribution < 1.29 is 13.5 Å². The minimum atomic E-state index is -3.39. The molecule has 1 rings (SSSR count). The van der Waals surface area contributed by atoms with Gasteiger partial charge in [-0.05, 0) is 32.1 Å². The molecule has 0 saturated heterocycles. The molecule has 0 amide bonds. The van der Waals surface area contributed by atoms with Gasteiger partial charge in [0.1, 0.15) is 0 Å². The molecular weight excluding hydrogens is 226 g/mol. The normalized spacial score (nSPS) is 20.9. The minimum Gasteiger partial charge on any atom is -0.394 e. The number of hydrogen-bond acceptors (Lipinski definition) is 3. The maximum absolute atomic E-state index is 12.3. The Morgan fingerprint density at radius 2 is 1.62 bits per heavy atom. The van der Waals surface area contributed by atoms with Crippen LogP contribution in [0.4, 0.5) is 0 Å². The summed E-state index contributed by atoms with van der Waals surface area (Å²) in [5.74, 6) is 0. The lowest BCUT2D eigenvalue weighted by atomic mass is 9.90. The van der Waals surface area contributed by atoms with Crippen LogP contribution < -0.4 is 4.72 Å². The molecule has 4 nitrogen and oxygen atoms in total. The number of hydrogen-bond donors (Lipinski definition) is 2. The fraction of sp³-hybridized carbons (Fsp3) is 1.00. The Morgan fingerprint density at radius 3 is 1.88 bits per heavy atom. The molecule has 2 N–H and O–H groups in total. The molecule has 96 valence electrons. The maximum atomic E-state index is 12.3. The van der Waals surface area contributed by atoms with E-state index in [0.29, 0.717) is 12.8 Å². The van der Waals surface area contributed by atoms with Gasteiger partial charge < -0.3 is 5.11 Å². The summed E-state index contributed by atoms with van der Waals surface area (Å²) in [4.78, 5) is 0. The van der Waals surface area contributed by atoms with Gasteiger partial charge in [0.2, 0.25) is 10.0 Å². The zero-order chi connectivity index (χ0) is 12.8. The van der Waals surface area contributed by atoms with E-state index in [0.717, 1.165) is 0 Å². The Bertz CT molecular complexity index is 361. The lowest BCUT2D eigenvalue weighted by Gasteiger charge is -2.34. The van der Waals surface area contributed by atoms with Gasteiger partial charge in [0.15, 0.2) is 0 Å². The van der Waals surface area contributed by atoms with Crippen molar-refractivity contribution in [3.63, 3.8) is 0 Å². The van der Waals surface area contributed by atoms with Crippen molar-refractivity contribution in [1.82, 2.24) is 4.72 Å². The summed E-state index contributed by atoms with van der Waals surface area (Å²) >= 11 is 0. The maximum Gasteiger partial charge on any atom is 0.218 e. The molecule has 0 aromatic rings. The monoisotopic (exact) mass is 249 g/mol. The van der Waals surface area contributed by atoms with Crippen molar-refractivity contribution in [2.24, 2.45) is 5.41 Å². The number of rotatable bonds is 4. The minimum absolute atomic E-state index is 0.202. The molecule has 1 aliphatic carbocycles. The van der Waals surface area contributed by atoms with Crippen LogP contribution in [0.5, 0.6) is 0 Å². The van der Waals surface area contributed by atoms with E-state index >= 15 is 0 Å². The second kappa shape index (κ2) is 3.68. The first-order valence-electron chi connectivity index (χ1n) is 5.62. The van der Waals surface area contributed by atoms with Gasteiger partial charge in [-0.15, -0.1) is 0 Å². The van der Waals surface area contributed by atoms with Crippen molar-refractivity contribution in [2.45, 2.75) is 57.7 Å². The van der Waals surface area contributed by atoms with Crippen molar-refractivity contribution in [1.29, 1.82) is 0 Å². The highest BCUT2D eigenvalue weighted by molar-refractivity contribution is 7.91. The van der Waals surface area contributed by atoms with Gasteiger partial charge >= 0.3 is 0 Å². The molecule has 16 heavy (non-hydrogen) atoms. The SMILES string of the molecule is CC(C)(CO)NS(=O)(=O)C1(C(C)(C)C)CC1. The Kier molecular flexibility index (Phi) is 3.21. The molecule has 1 fully saturated rings. The van der Waals surface area contributed by atoms with Crippen molar-refractivity contribution in [2.75, 3.05) is 6.61 Å². The van der Waals surface area contributed by atoms with Gasteiger partial charge in [-0.1, -0.05) is 20.8 Å². The molecule has 0 radical (unpaired) electrons. The van der Waals surface area contributed by atoms with E-state index in [9.17, 15) is 8.42 Å². The van der Waals surface area contributed by atoms with E-state index in [1.807, 2.05) is 20.8 Å². The summed E-state index contributed by atoms with van der Waals surface area (Å²) in [5.41, 5.74) is -1.07. The molecule has 0 bridgehead atoms. The molecule has 0 spiro atoms. The predicted molar refractivity (Wildman–Crippen MR) is 64.6 cm³/mol. The summed E-state index contributed by atoms with van der Waals surface area (Å²) in [6.07, 6.45) is 1.40. The average Bonchev–Trinajstić information content (AvgIpc) is 2.79. The molecule has 0 aromatic carbocycles. The topological polar surface area (TPSA) is 66.4 Å². The molecule has 5 heteroatoms. The van der Waals surface area contributed by atoms with Crippen molar-refractivity contribution in [3.8, 4) is 0 Å². The number of aliphatic hydroxyl groups is 1. The molecule has 1 saturated carbocycles. The second-order valence-electron chi connectivity index (χ2n) is 6.39. The molecule has 1 aliphatic rings. The van der Waals surface area contributed by atoms with Crippen molar-refractivity contribution >= 4 is 10.0 Å². The fourth-order valence-electron chi connectivity index (χ4n) is 2.03. The van der Waals surface area contributed by atoms with Gasteiger partial charge in [-0.3, -0.25) is 0 Å². The first-order valence-corrected chi connectivity index (χ1v) is 7.10. The summed E-state index contributed by atoms with van der Waals surface area (Å²) < 4.78 is 26.6. The third-order valence-corrected chi connectivity index (χ3v) is 6.26. The first-order chi connectivity index (χ1) is 6.97. The van der Waals surface area contributed by atoms with Crippen LogP contribution in [0, 0.1) is 5.41 Å². The van der Waals surface area contributed by atoms with Crippen LogP contribution in [0.2, 0.25) is 0 Å². The van der Waals surface area contributed by atoms with Crippen LogP contribution >= 0.6 is 0 Å². The van der Waals surface area contributed by atoms with E-state index in [-0.39, 0.29) is 12.0 Å². The van der Waals surface area contributed by atoms with Crippen LogP contribution in [0.3, 0.4) is 0 Å². The third kappa shape index (κ3) is 2.26. The predicted octanol–water partition coefficient (Wildman–Crippen LogP) is 1.26. The molecule has 0 aromatic heterocycles. The summed E-state index contributed by atoms with van der Waals surface area (Å²) in [6.45, 7) is 9.01. The molecular formula is C11H23NO3S. The standard InChI is InChI=1S/C11H23NO3S/c1-9(2,3)11(6-7-11)16(14,15)12-10(4,5)8-13/h12-13H,6-8H2,1-5H3. The number of aliphatic hydroxyl groups excluding tert-OH is 1. The summed E-state index contributed by atoms with van der Waals surface area (Å²) in [7, 11) is -3.39. The highest BCUT2D eigenvalue weighted by Crippen LogP contribution is 2.55. The Labute approximate surface area is 98.5 Å². The zero-order valence-electron chi connectivity index (χ0n) is 10.8. The quantitative estimate of drug-likeness (QED) is 0.788. The number of nitrogens with one attached hydrogen (secondary N) is 1. The Balaban J connectivity index is 2.97. The first kappa shape index (κ1) is 13.9. The van der Waals surface area contributed by atoms with Crippen LogP contribution in [0.1, 0.15) is 47.5 Å². The van der Waals surface area contributed by atoms with E-state index in [2.05, 4.69) is 4.72 Å². The highest BCUT2D eigenvalue weighted by atomic mass is 32.2. The van der Waals surface area contributed by atoms with Gasteiger partial charge in [0.05, 0.1) is 16.9 Å². The van der Waals surface area contributed by atoms with Crippen LogP contribution in [0.15, 0.2) is 0 Å². The second-order valence-corrected chi connectivity index (χ2v) is 8.38. The van der Waals surface area contributed by atoms with Gasteiger partial charge in [-0.2, -0.15) is 0 Å². The van der Waals surface area contributed by atoms with Crippen LogP contribution in [-0.2, 0) is 10.0 Å². The molecule has 0 aliphatic heterocycles. The largest absolute Gasteiger partial charge is 0.394 e. The Morgan fingerprint density at radius 1 is 1.19 bits per heavy atom. The van der Waals surface area contributed by atoms with E-state index < -0.39 is 20.3 Å². The van der Waals surface area contributed by atoms with Gasteiger partial charge in [0.25, 0.3) is 0 Å². The van der Waals surface area contributed by atoms with E-state index in [4.69, 9.17) is 5.11 Å². The molecule has 0 heterocycles. The number of sulfonamides is 1. The smallest absolute Gasteiger partial charge is 0.218 e.